The quantitative estimate of drug-likeness (QED) is 0.549. The second-order valence-corrected chi connectivity index (χ2v) is 2.90. The van der Waals surface area contributed by atoms with E-state index in [1.165, 1.54) is 0 Å². The Morgan fingerprint density at radius 2 is 2.00 bits per heavy atom. The molecule has 0 aromatic carbocycles. The first-order chi connectivity index (χ1) is 3.31. The molecule has 0 spiro atoms. The van der Waals surface area contributed by atoms with Gasteiger partial charge in [0.25, 0.3) is 0 Å². The topological polar surface area (TPSA) is 26.3 Å². The number of hydrogen-bond acceptors (Lipinski definition) is 2. The van der Waals surface area contributed by atoms with Gasteiger partial charge < -0.3 is 4.52 Å². The average Bonchev–Trinajstić information content (AvgIpc) is 1.68. The molecule has 48 valence electrons. The standard InChI is InChI=1S/C4H11O2P.Ba.2H/c1-3-6-7(5)4-2;;;/h7H,3-4H2,1-2H3;;;. The predicted octanol–water partition coefficient (Wildman–Crippen LogP) is 0.601. The van der Waals surface area contributed by atoms with Crippen LogP contribution in [0.25, 0.3) is 0 Å². The van der Waals surface area contributed by atoms with Crippen LogP contribution in [0.4, 0.5) is 0 Å². The van der Waals surface area contributed by atoms with E-state index in [-0.39, 0.29) is 48.9 Å². The van der Waals surface area contributed by atoms with Crippen LogP contribution in [0.2, 0.25) is 0 Å². The van der Waals surface area contributed by atoms with Crippen molar-refractivity contribution in [2.45, 2.75) is 13.8 Å². The van der Waals surface area contributed by atoms with Gasteiger partial charge in [-0.15, -0.1) is 0 Å². The second-order valence-electron chi connectivity index (χ2n) is 1.16. The van der Waals surface area contributed by atoms with E-state index in [1.54, 1.807) is 0 Å². The first kappa shape index (κ1) is 12.4. The maximum absolute atomic E-state index is 10.4. The second kappa shape index (κ2) is 8.76. The van der Waals surface area contributed by atoms with E-state index >= 15 is 0 Å². The zero-order valence-electron chi connectivity index (χ0n) is 4.73. The van der Waals surface area contributed by atoms with Crippen molar-refractivity contribution in [1.82, 2.24) is 0 Å². The van der Waals surface area contributed by atoms with Crippen LogP contribution < -0.4 is 0 Å². The van der Waals surface area contributed by atoms with Crippen LogP contribution in [0, 0.1) is 0 Å². The third kappa shape index (κ3) is 7.76. The molecule has 0 aliphatic heterocycles. The third-order valence-corrected chi connectivity index (χ3v) is 1.78. The van der Waals surface area contributed by atoms with Gasteiger partial charge in [-0.3, -0.25) is 4.57 Å². The first-order valence-corrected chi connectivity index (χ1v) is 3.99. The Morgan fingerprint density at radius 1 is 1.50 bits per heavy atom. The van der Waals surface area contributed by atoms with Crippen LogP contribution in [0.5, 0.6) is 0 Å². The third-order valence-electron chi connectivity index (χ3n) is 0.594. The molecule has 0 fully saturated rings. The molecule has 0 N–H and O–H groups in total. The molecule has 4 heteroatoms. The summed E-state index contributed by atoms with van der Waals surface area (Å²) < 4.78 is 15.1. The molecule has 0 amide bonds. The zero-order chi connectivity index (χ0) is 5.70. The Balaban J connectivity index is 0. The Labute approximate surface area is 91.3 Å². The summed E-state index contributed by atoms with van der Waals surface area (Å²) in [5, 5.41) is 0. The minimum absolute atomic E-state index is 0. The van der Waals surface area contributed by atoms with Crippen LogP contribution >= 0.6 is 8.03 Å². The molecule has 0 rings (SSSR count). The van der Waals surface area contributed by atoms with Crippen molar-refractivity contribution in [3.05, 3.63) is 0 Å². The fourth-order valence-corrected chi connectivity index (χ4v) is 0.789. The van der Waals surface area contributed by atoms with E-state index < -0.39 is 8.03 Å². The van der Waals surface area contributed by atoms with Crippen molar-refractivity contribution in [3.8, 4) is 0 Å². The van der Waals surface area contributed by atoms with Gasteiger partial charge in [0.05, 0.1) is 6.61 Å². The van der Waals surface area contributed by atoms with Crippen LogP contribution in [0.3, 0.4) is 0 Å². The summed E-state index contributed by atoms with van der Waals surface area (Å²) in [6.45, 7) is 4.28. The van der Waals surface area contributed by atoms with Crippen molar-refractivity contribution in [2.75, 3.05) is 12.8 Å². The fourth-order valence-electron chi connectivity index (χ4n) is 0.263. The average molecular weight is 261 g/mol. The van der Waals surface area contributed by atoms with Gasteiger partial charge in [0.1, 0.15) is 0 Å². The van der Waals surface area contributed by atoms with Crippen LogP contribution in [-0.2, 0) is 9.09 Å². The van der Waals surface area contributed by atoms with Gasteiger partial charge in [-0.05, 0) is 6.92 Å². The Morgan fingerprint density at radius 3 is 2.12 bits per heavy atom. The van der Waals surface area contributed by atoms with Gasteiger partial charge in [0.2, 0.25) is 0 Å². The normalized spacial score (nSPS) is 12.2. The van der Waals surface area contributed by atoms with Crippen LogP contribution in [0.15, 0.2) is 0 Å². The molecular weight excluding hydrogens is 248 g/mol. The molecule has 0 saturated heterocycles. The Kier molecular flexibility index (Phi) is 13.6. The van der Waals surface area contributed by atoms with E-state index in [9.17, 15) is 4.57 Å². The summed E-state index contributed by atoms with van der Waals surface area (Å²) in [6.07, 6.45) is 0.665. The molecule has 0 saturated carbocycles. The van der Waals surface area contributed by atoms with E-state index in [4.69, 9.17) is 4.52 Å². The molecule has 0 radical (unpaired) electrons. The van der Waals surface area contributed by atoms with E-state index in [2.05, 4.69) is 0 Å². The van der Waals surface area contributed by atoms with Crippen LogP contribution in [-0.4, -0.2) is 61.6 Å². The summed E-state index contributed by atoms with van der Waals surface area (Å²) in [5.41, 5.74) is 0. The SMILES string of the molecule is CCO[PH](=O)CC.[BaH2]. The van der Waals surface area contributed by atoms with Crippen molar-refractivity contribution >= 4 is 56.9 Å². The maximum atomic E-state index is 10.4. The molecule has 2 nitrogen and oxygen atoms in total. The molecule has 1 unspecified atom stereocenters. The van der Waals surface area contributed by atoms with E-state index in [0.717, 1.165) is 0 Å². The molecule has 0 aromatic heterocycles. The number of hydrogen-bond donors (Lipinski definition) is 0. The predicted molar refractivity (Wildman–Crippen MR) is 39.7 cm³/mol. The molecule has 0 heterocycles. The van der Waals surface area contributed by atoms with Crippen molar-refractivity contribution in [2.24, 2.45) is 0 Å². The van der Waals surface area contributed by atoms with Crippen molar-refractivity contribution < 1.29 is 9.09 Å². The summed E-state index contributed by atoms with van der Waals surface area (Å²) in [7, 11) is -1.63. The van der Waals surface area contributed by atoms with Gasteiger partial charge >= 0.3 is 48.9 Å². The van der Waals surface area contributed by atoms with Gasteiger partial charge in [0.15, 0.2) is 8.03 Å². The fraction of sp³-hybridized carbons (Fsp3) is 1.00. The van der Waals surface area contributed by atoms with Crippen molar-refractivity contribution in [1.29, 1.82) is 0 Å². The summed E-state index contributed by atoms with van der Waals surface area (Å²) in [6, 6.07) is 0. The summed E-state index contributed by atoms with van der Waals surface area (Å²) in [4.78, 5) is 0. The molecule has 1 atom stereocenters. The monoisotopic (exact) mass is 262 g/mol. The molecule has 0 bridgehead atoms. The first-order valence-electron chi connectivity index (χ1n) is 2.46. The van der Waals surface area contributed by atoms with Crippen LogP contribution in [0.1, 0.15) is 13.8 Å². The minimum atomic E-state index is -1.63. The van der Waals surface area contributed by atoms with Gasteiger partial charge in [-0.2, -0.15) is 0 Å². The molecule has 0 aliphatic rings. The molecule has 0 aliphatic carbocycles. The summed E-state index contributed by atoms with van der Waals surface area (Å²) in [5.74, 6) is 0. The van der Waals surface area contributed by atoms with Crippen molar-refractivity contribution in [3.63, 3.8) is 0 Å². The van der Waals surface area contributed by atoms with E-state index in [1.807, 2.05) is 13.8 Å². The van der Waals surface area contributed by atoms with Gasteiger partial charge in [0, 0.05) is 6.16 Å². The molecule has 8 heavy (non-hydrogen) atoms. The summed E-state index contributed by atoms with van der Waals surface area (Å²) >= 11 is 0. The van der Waals surface area contributed by atoms with Gasteiger partial charge in [-0.25, -0.2) is 0 Å². The molecule has 0 aromatic rings. The zero-order valence-corrected chi connectivity index (χ0v) is 5.73. The van der Waals surface area contributed by atoms with E-state index in [0.29, 0.717) is 12.8 Å². The Bertz CT molecular complexity index is 67.1. The number of rotatable bonds is 3. The molecular formula is C4H13BaO2P. The Hall–Kier alpha value is 1.76. The van der Waals surface area contributed by atoms with Gasteiger partial charge in [-0.1, -0.05) is 6.92 Å².